The number of hydrogen-bond donors (Lipinski definition) is 1. The SMILES string of the molecule is C=C.CCOC(C)OCC.O=C1CC(c2ccccc2)NC(c2ccccc2)C1. The van der Waals surface area contributed by atoms with Crippen LogP contribution in [0.15, 0.2) is 73.8 Å². The molecule has 0 amide bonds. The van der Waals surface area contributed by atoms with E-state index in [9.17, 15) is 4.79 Å². The first-order valence-electron chi connectivity index (χ1n) is 10.2. The van der Waals surface area contributed by atoms with E-state index in [4.69, 9.17) is 9.47 Å². The van der Waals surface area contributed by atoms with E-state index in [2.05, 4.69) is 42.7 Å². The third-order valence-electron chi connectivity index (χ3n) is 4.47. The number of rotatable bonds is 6. The van der Waals surface area contributed by atoms with Gasteiger partial charge in [-0.15, -0.1) is 13.2 Å². The van der Waals surface area contributed by atoms with E-state index in [0.29, 0.717) is 18.6 Å². The highest BCUT2D eigenvalue weighted by atomic mass is 16.7. The molecule has 1 aliphatic rings. The van der Waals surface area contributed by atoms with Crippen molar-refractivity contribution in [2.45, 2.75) is 52.0 Å². The van der Waals surface area contributed by atoms with Crippen LogP contribution >= 0.6 is 0 Å². The molecule has 1 heterocycles. The number of Topliss-reactive ketones (excluding diaryl/α,β-unsaturated/α-hetero) is 1. The number of piperidine rings is 1. The molecule has 4 nitrogen and oxygen atoms in total. The van der Waals surface area contributed by atoms with E-state index < -0.39 is 0 Å². The summed E-state index contributed by atoms with van der Waals surface area (Å²) >= 11 is 0. The van der Waals surface area contributed by atoms with Crippen molar-refractivity contribution in [3.8, 4) is 0 Å². The first-order chi connectivity index (χ1) is 14.1. The topological polar surface area (TPSA) is 47.6 Å². The van der Waals surface area contributed by atoms with Crippen molar-refractivity contribution in [2.75, 3.05) is 13.2 Å². The van der Waals surface area contributed by atoms with E-state index in [0.717, 1.165) is 13.2 Å². The lowest BCUT2D eigenvalue weighted by molar-refractivity contribution is -0.123. The Morgan fingerprint density at radius 2 is 1.24 bits per heavy atom. The van der Waals surface area contributed by atoms with Gasteiger partial charge in [0.2, 0.25) is 0 Å². The van der Waals surface area contributed by atoms with E-state index in [1.54, 1.807) is 0 Å². The van der Waals surface area contributed by atoms with E-state index in [1.807, 2.05) is 57.2 Å². The molecule has 1 saturated heterocycles. The van der Waals surface area contributed by atoms with Gasteiger partial charge in [-0.05, 0) is 31.9 Å². The van der Waals surface area contributed by atoms with E-state index in [1.165, 1.54) is 11.1 Å². The summed E-state index contributed by atoms with van der Waals surface area (Å²) in [7, 11) is 0. The van der Waals surface area contributed by atoms with Gasteiger partial charge in [0, 0.05) is 38.1 Å². The summed E-state index contributed by atoms with van der Waals surface area (Å²) in [6, 6.07) is 20.7. The summed E-state index contributed by atoms with van der Waals surface area (Å²) in [5.74, 6) is 0.335. The zero-order chi connectivity index (χ0) is 21.5. The molecule has 0 aromatic heterocycles. The minimum absolute atomic E-state index is 0.0370. The molecule has 2 aromatic carbocycles. The fourth-order valence-corrected chi connectivity index (χ4v) is 3.22. The minimum atomic E-state index is -0.0370. The standard InChI is InChI=1S/C17H17NO.C6H14O2.C2H4/c19-15-11-16(13-7-3-1-4-8-13)18-17(12-15)14-9-5-2-6-10-14;1-4-7-6(3)8-5-2;1-2/h1-10,16-18H,11-12H2;6H,4-5H2,1-3H3;1-2H2. The lowest BCUT2D eigenvalue weighted by atomic mass is 9.89. The summed E-state index contributed by atoms with van der Waals surface area (Å²) in [6.45, 7) is 13.3. The molecule has 0 bridgehead atoms. The van der Waals surface area contributed by atoms with Crippen LogP contribution in [0, 0.1) is 0 Å². The Bertz CT molecular complexity index is 619. The summed E-state index contributed by atoms with van der Waals surface area (Å²) in [6.07, 6.45) is 1.14. The second kappa shape index (κ2) is 14.7. The predicted octanol–water partition coefficient (Wildman–Crippen LogP) is 5.63. The van der Waals surface area contributed by atoms with Gasteiger partial charge in [-0.25, -0.2) is 0 Å². The van der Waals surface area contributed by atoms with Gasteiger partial charge < -0.3 is 14.8 Å². The number of hydrogen-bond acceptors (Lipinski definition) is 4. The molecular formula is C25H35NO3. The van der Waals surface area contributed by atoms with Crippen molar-refractivity contribution in [1.82, 2.24) is 5.32 Å². The van der Waals surface area contributed by atoms with Crippen LogP contribution in [0.4, 0.5) is 0 Å². The second-order valence-electron chi connectivity index (χ2n) is 6.52. The molecule has 0 saturated carbocycles. The molecule has 3 rings (SSSR count). The predicted molar refractivity (Wildman–Crippen MR) is 120 cm³/mol. The van der Waals surface area contributed by atoms with Gasteiger partial charge in [-0.3, -0.25) is 4.79 Å². The van der Waals surface area contributed by atoms with Gasteiger partial charge in [-0.2, -0.15) is 0 Å². The third-order valence-corrected chi connectivity index (χ3v) is 4.47. The van der Waals surface area contributed by atoms with Gasteiger partial charge in [-0.1, -0.05) is 60.7 Å². The average molecular weight is 398 g/mol. The fraction of sp³-hybridized carbons (Fsp3) is 0.400. The molecule has 2 atom stereocenters. The van der Waals surface area contributed by atoms with Crippen molar-refractivity contribution in [3.05, 3.63) is 84.9 Å². The molecule has 2 unspecified atom stereocenters. The lowest BCUT2D eigenvalue weighted by Crippen LogP contribution is -2.35. The van der Waals surface area contributed by atoms with Crippen molar-refractivity contribution in [3.63, 3.8) is 0 Å². The van der Waals surface area contributed by atoms with Gasteiger partial charge in [0.1, 0.15) is 5.78 Å². The fourth-order valence-electron chi connectivity index (χ4n) is 3.22. The van der Waals surface area contributed by atoms with Crippen molar-refractivity contribution in [1.29, 1.82) is 0 Å². The molecule has 0 aliphatic carbocycles. The van der Waals surface area contributed by atoms with E-state index >= 15 is 0 Å². The molecule has 0 spiro atoms. The molecular weight excluding hydrogens is 362 g/mol. The number of nitrogens with one attached hydrogen (secondary N) is 1. The Balaban J connectivity index is 0.000000358. The molecule has 1 aliphatic heterocycles. The van der Waals surface area contributed by atoms with Crippen LogP contribution in [0.3, 0.4) is 0 Å². The molecule has 2 aromatic rings. The lowest BCUT2D eigenvalue weighted by Gasteiger charge is -2.30. The maximum absolute atomic E-state index is 12.0. The third kappa shape index (κ3) is 9.18. The second-order valence-corrected chi connectivity index (χ2v) is 6.52. The number of benzene rings is 2. The van der Waals surface area contributed by atoms with Gasteiger partial charge >= 0.3 is 0 Å². The molecule has 29 heavy (non-hydrogen) atoms. The Morgan fingerprint density at radius 3 is 1.59 bits per heavy atom. The Kier molecular flexibility index (Phi) is 12.5. The van der Waals surface area contributed by atoms with Crippen molar-refractivity contribution < 1.29 is 14.3 Å². The number of ether oxygens (including phenoxy) is 2. The molecule has 4 heteroatoms. The number of carbonyl (C=O) groups excluding carboxylic acids is 1. The quantitative estimate of drug-likeness (QED) is 0.507. The highest BCUT2D eigenvalue weighted by Gasteiger charge is 2.28. The van der Waals surface area contributed by atoms with Crippen LogP contribution in [0.5, 0.6) is 0 Å². The molecule has 1 N–H and O–H groups in total. The van der Waals surface area contributed by atoms with Crippen LogP contribution < -0.4 is 5.32 Å². The van der Waals surface area contributed by atoms with Gasteiger partial charge in [0.05, 0.1) is 0 Å². The minimum Gasteiger partial charge on any atom is -0.353 e. The molecule has 158 valence electrons. The zero-order valence-corrected chi connectivity index (χ0v) is 18.0. The summed E-state index contributed by atoms with van der Waals surface area (Å²) in [4.78, 5) is 12.0. The van der Waals surface area contributed by atoms with E-state index in [-0.39, 0.29) is 18.4 Å². The molecule has 1 fully saturated rings. The normalized spacial score (nSPS) is 18.3. The highest BCUT2D eigenvalue weighted by Crippen LogP contribution is 2.30. The van der Waals surface area contributed by atoms with Crippen LogP contribution in [0.25, 0.3) is 0 Å². The highest BCUT2D eigenvalue weighted by molar-refractivity contribution is 5.81. The maximum atomic E-state index is 12.0. The monoisotopic (exact) mass is 397 g/mol. The maximum Gasteiger partial charge on any atom is 0.154 e. The number of carbonyl (C=O) groups is 1. The summed E-state index contributed by atoms with van der Waals surface area (Å²) < 4.78 is 10.1. The summed E-state index contributed by atoms with van der Waals surface area (Å²) in [5.41, 5.74) is 2.38. The average Bonchev–Trinajstić information content (AvgIpc) is 2.77. The van der Waals surface area contributed by atoms with Crippen molar-refractivity contribution >= 4 is 5.78 Å². The van der Waals surface area contributed by atoms with Crippen LogP contribution in [0.1, 0.15) is 56.8 Å². The Morgan fingerprint density at radius 1 is 0.862 bits per heavy atom. The Hall–Kier alpha value is -2.27. The Labute approximate surface area is 175 Å². The van der Waals surface area contributed by atoms with Gasteiger partial charge in [0.15, 0.2) is 6.29 Å². The smallest absolute Gasteiger partial charge is 0.154 e. The molecule has 0 radical (unpaired) electrons. The van der Waals surface area contributed by atoms with Gasteiger partial charge in [0.25, 0.3) is 0 Å². The zero-order valence-electron chi connectivity index (χ0n) is 18.0. The first-order valence-corrected chi connectivity index (χ1v) is 10.2. The largest absolute Gasteiger partial charge is 0.353 e. The van der Waals surface area contributed by atoms with Crippen LogP contribution in [0.2, 0.25) is 0 Å². The first kappa shape index (κ1) is 24.8. The number of ketones is 1. The summed E-state index contributed by atoms with van der Waals surface area (Å²) in [5, 5.41) is 3.60. The van der Waals surface area contributed by atoms with Crippen molar-refractivity contribution in [2.24, 2.45) is 0 Å². The van der Waals surface area contributed by atoms with Crippen LogP contribution in [-0.2, 0) is 14.3 Å². The van der Waals surface area contributed by atoms with Crippen LogP contribution in [-0.4, -0.2) is 25.3 Å².